The first kappa shape index (κ1) is 17.9. The van der Waals surface area contributed by atoms with Crippen molar-refractivity contribution in [3.8, 4) is 5.75 Å². The summed E-state index contributed by atoms with van der Waals surface area (Å²) in [4.78, 5) is 8.28. The van der Waals surface area contributed by atoms with Crippen molar-refractivity contribution in [3.05, 3.63) is 36.5 Å². The van der Waals surface area contributed by atoms with Crippen LogP contribution in [-0.4, -0.2) is 46.5 Å². The van der Waals surface area contributed by atoms with Crippen molar-refractivity contribution in [2.24, 2.45) is 5.92 Å². The summed E-state index contributed by atoms with van der Waals surface area (Å²) in [6.07, 6.45) is 5.33. The summed E-state index contributed by atoms with van der Waals surface area (Å²) in [5.41, 5.74) is 0.917. The molecule has 1 saturated heterocycles. The van der Waals surface area contributed by atoms with Crippen LogP contribution in [0.3, 0.4) is 0 Å². The Morgan fingerprint density at radius 1 is 1.32 bits per heavy atom. The van der Waals surface area contributed by atoms with Crippen molar-refractivity contribution in [2.75, 3.05) is 13.1 Å². The van der Waals surface area contributed by atoms with Crippen molar-refractivity contribution in [1.82, 2.24) is 18.8 Å². The third kappa shape index (κ3) is 4.19. The molecule has 0 unspecified atom stereocenters. The number of hydrogen-bond donors (Lipinski definition) is 0. The van der Waals surface area contributed by atoms with Gasteiger partial charge in [-0.15, -0.1) is 0 Å². The van der Waals surface area contributed by atoms with Crippen LogP contribution in [0, 0.1) is 12.8 Å². The van der Waals surface area contributed by atoms with Gasteiger partial charge in [0.25, 0.3) is 10.0 Å². The number of imidazole rings is 1. The van der Waals surface area contributed by atoms with Gasteiger partial charge < -0.3 is 9.30 Å². The number of aromatic nitrogens is 3. The average molecular weight is 364 g/mol. The molecule has 7 nitrogen and oxygen atoms in total. The minimum Gasteiger partial charge on any atom is -0.487 e. The molecule has 3 heterocycles. The number of hydrogen-bond acceptors (Lipinski definition) is 5. The summed E-state index contributed by atoms with van der Waals surface area (Å²) in [5, 5.41) is 0.103. The van der Waals surface area contributed by atoms with Crippen molar-refractivity contribution in [3.63, 3.8) is 0 Å². The van der Waals surface area contributed by atoms with Gasteiger partial charge in [0.2, 0.25) is 0 Å². The van der Waals surface area contributed by atoms with Gasteiger partial charge in [-0.05, 0) is 31.4 Å². The first-order valence-electron chi connectivity index (χ1n) is 8.46. The van der Waals surface area contributed by atoms with E-state index in [1.165, 1.54) is 4.31 Å². The highest BCUT2D eigenvalue weighted by Crippen LogP contribution is 2.23. The zero-order chi connectivity index (χ0) is 18.0. The number of sulfonamides is 1. The Morgan fingerprint density at radius 2 is 2.12 bits per heavy atom. The lowest BCUT2D eigenvalue weighted by molar-refractivity contribution is 0.214. The Morgan fingerprint density at radius 3 is 2.80 bits per heavy atom. The molecule has 1 aliphatic heterocycles. The van der Waals surface area contributed by atoms with Crippen molar-refractivity contribution in [1.29, 1.82) is 0 Å². The molecule has 0 bridgehead atoms. The van der Waals surface area contributed by atoms with Crippen LogP contribution in [0.15, 0.2) is 35.9 Å². The maximum absolute atomic E-state index is 12.8. The lowest BCUT2D eigenvalue weighted by Gasteiger charge is -2.16. The minimum atomic E-state index is -3.58. The van der Waals surface area contributed by atoms with Crippen LogP contribution in [0.1, 0.15) is 26.0 Å². The molecule has 0 aromatic carbocycles. The molecule has 0 radical (unpaired) electrons. The predicted molar refractivity (Wildman–Crippen MR) is 93.8 cm³/mol. The third-order valence-corrected chi connectivity index (χ3v) is 5.84. The second kappa shape index (κ2) is 7.13. The van der Waals surface area contributed by atoms with E-state index in [0.29, 0.717) is 31.2 Å². The van der Waals surface area contributed by atoms with Gasteiger partial charge in [0.15, 0.2) is 5.03 Å². The molecular formula is C17H24N4O3S. The maximum atomic E-state index is 12.8. The lowest BCUT2D eigenvalue weighted by atomic mass is 10.2. The van der Waals surface area contributed by atoms with Gasteiger partial charge in [-0.3, -0.25) is 4.98 Å². The van der Waals surface area contributed by atoms with E-state index in [4.69, 9.17) is 4.74 Å². The van der Waals surface area contributed by atoms with Crippen LogP contribution in [0.4, 0.5) is 0 Å². The third-order valence-electron chi connectivity index (χ3n) is 4.08. The molecule has 1 fully saturated rings. The fourth-order valence-electron chi connectivity index (χ4n) is 2.86. The molecule has 3 rings (SSSR count). The summed E-state index contributed by atoms with van der Waals surface area (Å²) in [6.45, 7) is 7.57. The molecule has 8 heteroatoms. The Balaban J connectivity index is 1.65. The highest BCUT2D eigenvalue weighted by Gasteiger charge is 2.35. The molecule has 136 valence electrons. The van der Waals surface area contributed by atoms with E-state index < -0.39 is 10.0 Å². The van der Waals surface area contributed by atoms with Crippen LogP contribution in [0.2, 0.25) is 0 Å². The number of ether oxygens (including phenoxy) is 1. The van der Waals surface area contributed by atoms with E-state index in [9.17, 15) is 8.42 Å². The summed E-state index contributed by atoms with van der Waals surface area (Å²) >= 11 is 0. The fourth-order valence-corrected chi connectivity index (χ4v) is 4.28. The van der Waals surface area contributed by atoms with Gasteiger partial charge in [0.05, 0.1) is 19.1 Å². The predicted octanol–water partition coefficient (Wildman–Crippen LogP) is 2.08. The Hall–Kier alpha value is -1.93. The smallest absolute Gasteiger partial charge is 0.262 e. The number of rotatable bonds is 6. The molecule has 1 aliphatic rings. The van der Waals surface area contributed by atoms with Gasteiger partial charge in [0.1, 0.15) is 11.9 Å². The second-order valence-corrected chi connectivity index (χ2v) is 8.71. The largest absolute Gasteiger partial charge is 0.487 e. The molecule has 25 heavy (non-hydrogen) atoms. The number of aryl methyl sites for hydroxylation is 1. The van der Waals surface area contributed by atoms with E-state index in [-0.39, 0.29) is 11.1 Å². The summed E-state index contributed by atoms with van der Waals surface area (Å²) in [5.74, 6) is 1.09. The van der Waals surface area contributed by atoms with Gasteiger partial charge >= 0.3 is 0 Å². The molecule has 2 aromatic heterocycles. The van der Waals surface area contributed by atoms with Crippen LogP contribution in [0.5, 0.6) is 5.75 Å². The topological polar surface area (TPSA) is 77.3 Å². The number of pyridine rings is 1. The quantitative estimate of drug-likeness (QED) is 0.784. The molecular weight excluding hydrogens is 340 g/mol. The monoisotopic (exact) mass is 364 g/mol. The van der Waals surface area contributed by atoms with Crippen LogP contribution < -0.4 is 4.74 Å². The zero-order valence-electron chi connectivity index (χ0n) is 14.8. The molecule has 0 saturated carbocycles. The van der Waals surface area contributed by atoms with Gasteiger partial charge in [0, 0.05) is 25.0 Å². The van der Waals surface area contributed by atoms with Crippen molar-refractivity contribution in [2.45, 2.75) is 44.9 Å². The molecule has 0 aliphatic carbocycles. The Labute approximate surface area is 148 Å². The summed E-state index contributed by atoms with van der Waals surface area (Å²) in [6, 6.07) is 3.73. The molecule has 0 amide bonds. The second-order valence-electron chi connectivity index (χ2n) is 6.83. The Bertz CT molecular complexity index is 815. The maximum Gasteiger partial charge on any atom is 0.262 e. The van der Waals surface area contributed by atoms with Crippen LogP contribution >= 0.6 is 0 Å². The van der Waals surface area contributed by atoms with Crippen molar-refractivity contribution >= 4 is 10.0 Å². The molecule has 1 atom stereocenters. The van der Waals surface area contributed by atoms with Crippen LogP contribution in [0.25, 0.3) is 0 Å². The van der Waals surface area contributed by atoms with Gasteiger partial charge in [-0.2, -0.15) is 4.31 Å². The number of nitrogens with zero attached hydrogens (tertiary/aromatic N) is 4. The lowest BCUT2D eigenvalue weighted by Crippen LogP contribution is -2.31. The van der Waals surface area contributed by atoms with E-state index in [0.717, 1.165) is 12.2 Å². The van der Waals surface area contributed by atoms with E-state index in [2.05, 4.69) is 23.8 Å². The SMILES string of the molecule is Cc1ccc(O[C@@H]2CCN(S(=O)(=O)c3cn(CC(C)C)cn3)C2)cn1. The minimum absolute atomic E-state index is 0.103. The average Bonchev–Trinajstić information content (AvgIpc) is 3.19. The van der Waals surface area contributed by atoms with E-state index >= 15 is 0 Å². The normalized spacial score (nSPS) is 18.8. The molecule has 0 spiro atoms. The van der Waals surface area contributed by atoms with Gasteiger partial charge in [-0.25, -0.2) is 13.4 Å². The zero-order valence-corrected chi connectivity index (χ0v) is 15.6. The summed E-state index contributed by atoms with van der Waals surface area (Å²) in [7, 11) is -3.58. The first-order valence-corrected chi connectivity index (χ1v) is 9.90. The van der Waals surface area contributed by atoms with Crippen molar-refractivity contribution < 1.29 is 13.2 Å². The van der Waals surface area contributed by atoms with Gasteiger partial charge in [-0.1, -0.05) is 13.8 Å². The highest BCUT2D eigenvalue weighted by molar-refractivity contribution is 7.89. The Kier molecular flexibility index (Phi) is 5.10. The summed E-state index contributed by atoms with van der Waals surface area (Å²) < 4.78 is 34.6. The van der Waals surface area contributed by atoms with E-state index in [1.807, 2.05) is 23.6 Å². The molecule has 2 aromatic rings. The molecule has 0 N–H and O–H groups in total. The first-order chi connectivity index (χ1) is 11.8. The highest BCUT2D eigenvalue weighted by atomic mass is 32.2. The fraction of sp³-hybridized carbons (Fsp3) is 0.529. The standard InChI is InChI=1S/C17H24N4O3S/c1-13(2)9-20-11-17(19-12-20)25(22,23)21-7-6-16(10-21)24-15-5-4-14(3)18-8-15/h4-5,8,11-13,16H,6-7,9-10H2,1-3H3/t16-/m1/s1. The van der Waals surface area contributed by atoms with Crippen LogP contribution in [-0.2, 0) is 16.6 Å². The van der Waals surface area contributed by atoms with E-state index in [1.54, 1.807) is 18.7 Å².